The highest BCUT2D eigenvalue weighted by Crippen LogP contribution is 2.16. The van der Waals surface area contributed by atoms with E-state index in [1.54, 1.807) is 9.13 Å². The minimum atomic E-state index is 0.0580. The van der Waals surface area contributed by atoms with Crippen molar-refractivity contribution in [2.45, 2.75) is 26.4 Å². The molecule has 0 N–H and O–H groups in total. The lowest BCUT2D eigenvalue weighted by atomic mass is 10.2. The first kappa shape index (κ1) is 12.2. The predicted octanol–water partition coefficient (Wildman–Crippen LogP) is 2.87. The van der Waals surface area contributed by atoms with Crippen LogP contribution < -0.4 is 5.69 Å². The van der Waals surface area contributed by atoms with Gasteiger partial charge in [0.25, 0.3) is 0 Å². The lowest BCUT2D eigenvalue weighted by Crippen LogP contribution is -2.24. The van der Waals surface area contributed by atoms with Crippen LogP contribution in [0.15, 0.2) is 45.9 Å². The summed E-state index contributed by atoms with van der Waals surface area (Å²) in [6.45, 7) is 3.45. The Morgan fingerprint density at radius 1 is 1.18 bits per heavy atom. The molecule has 0 fully saturated rings. The van der Waals surface area contributed by atoms with Gasteiger partial charge in [0.05, 0.1) is 6.54 Å². The number of aryl methyl sites for hydroxylation is 1. The molecule has 17 heavy (non-hydrogen) atoms. The fraction of sp³-hybridized carbons (Fsp3) is 0.308. The van der Waals surface area contributed by atoms with Crippen molar-refractivity contribution in [3.05, 3.63) is 57.2 Å². The molecule has 2 aromatic rings. The summed E-state index contributed by atoms with van der Waals surface area (Å²) in [5.74, 6) is 0. The lowest BCUT2D eigenvalue weighted by Gasteiger charge is -2.04. The van der Waals surface area contributed by atoms with Gasteiger partial charge in [0.15, 0.2) is 0 Å². The number of hydrogen-bond donors (Lipinski definition) is 0. The summed E-state index contributed by atoms with van der Waals surface area (Å²) < 4.78 is 4.52. The molecule has 3 nitrogen and oxygen atoms in total. The van der Waals surface area contributed by atoms with Crippen LogP contribution in [0.1, 0.15) is 18.9 Å². The zero-order valence-corrected chi connectivity index (χ0v) is 11.4. The number of benzene rings is 1. The second-order valence-electron chi connectivity index (χ2n) is 3.99. The van der Waals surface area contributed by atoms with Gasteiger partial charge in [-0.2, -0.15) is 0 Å². The molecule has 0 atom stereocenters. The van der Waals surface area contributed by atoms with Gasteiger partial charge in [-0.25, -0.2) is 4.79 Å². The van der Waals surface area contributed by atoms with Gasteiger partial charge >= 0.3 is 5.69 Å². The molecule has 0 amide bonds. The highest BCUT2D eigenvalue weighted by Gasteiger charge is 2.05. The summed E-state index contributed by atoms with van der Waals surface area (Å²) in [6, 6.07) is 7.96. The second-order valence-corrected chi connectivity index (χ2v) is 4.85. The van der Waals surface area contributed by atoms with Crippen molar-refractivity contribution in [3.63, 3.8) is 0 Å². The van der Waals surface area contributed by atoms with E-state index in [0.717, 1.165) is 23.0 Å². The Labute approximate surface area is 109 Å². The van der Waals surface area contributed by atoms with Crippen molar-refractivity contribution in [1.82, 2.24) is 9.13 Å². The van der Waals surface area contributed by atoms with E-state index in [1.165, 1.54) is 0 Å². The molecule has 1 aromatic heterocycles. The van der Waals surface area contributed by atoms with Gasteiger partial charge < -0.3 is 0 Å². The number of nitrogens with zero attached hydrogens (tertiary/aromatic N) is 2. The molecule has 0 radical (unpaired) electrons. The van der Waals surface area contributed by atoms with E-state index in [0.29, 0.717) is 6.54 Å². The van der Waals surface area contributed by atoms with Crippen LogP contribution in [0.2, 0.25) is 0 Å². The fourth-order valence-corrected chi connectivity index (χ4v) is 2.21. The van der Waals surface area contributed by atoms with Crippen molar-refractivity contribution in [2.24, 2.45) is 0 Å². The SMILES string of the molecule is CCCn1ccn(Cc2ccccc2Br)c1=O. The standard InChI is InChI=1S/C13H15BrN2O/c1-2-7-15-8-9-16(13(15)17)10-11-5-3-4-6-12(11)14/h3-6,8-9H,2,7,10H2,1H3. The minimum Gasteiger partial charge on any atom is -0.299 e. The maximum Gasteiger partial charge on any atom is 0.328 e. The second kappa shape index (κ2) is 5.36. The molecule has 0 bridgehead atoms. The van der Waals surface area contributed by atoms with E-state index in [-0.39, 0.29) is 5.69 Å². The number of hydrogen-bond acceptors (Lipinski definition) is 1. The molecule has 4 heteroatoms. The third-order valence-corrected chi connectivity index (χ3v) is 3.45. The summed E-state index contributed by atoms with van der Waals surface area (Å²) in [6.07, 6.45) is 4.67. The summed E-state index contributed by atoms with van der Waals surface area (Å²) in [5, 5.41) is 0. The average molecular weight is 295 g/mol. The van der Waals surface area contributed by atoms with Crippen LogP contribution in [0.25, 0.3) is 0 Å². The molecule has 0 unspecified atom stereocenters. The summed E-state index contributed by atoms with van der Waals surface area (Å²) >= 11 is 3.49. The first-order valence-corrected chi connectivity index (χ1v) is 6.50. The predicted molar refractivity (Wildman–Crippen MR) is 72.2 cm³/mol. The third kappa shape index (κ3) is 2.69. The molecule has 0 spiro atoms. The van der Waals surface area contributed by atoms with Gasteiger partial charge in [-0.1, -0.05) is 41.1 Å². The van der Waals surface area contributed by atoms with Gasteiger partial charge in [0, 0.05) is 23.4 Å². The summed E-state index contributed by atoms with van der Waals surface area (Å²) in [7, 11) is 0. The highest BCUT2D eigenvalue weighted by atomic mass is 79.9. The molecular weight excluding hydrogens is 280 g/mol. The maximum absolute atomic E-state index is 12.0. The van der Waals surface area contributed by atoms with Gasteiger partial charge in [-0.3, -0.25) is 9.13 Å². The van der Waals surface area contributed by atoms with Gasteiger partial charge in [-0.15, -0.1) is 0 Å². The van der Waals surface area contributed by atoms with Crippen LogP contribution in [0.4, 0.5) is 0 Å². The minimum absolute atomic E-state index is 0.0580. The number of halogens is 1. The Morgan fingerprint density at radius 3 is 2.59 bits per heavy atom. The van der Waals surface area contributed by atoms with E-state index in [1.807, 2.05) is 36.7 Å². The van der Waals surface area contributed by atoms with Crippen molar-refractivity contribution in [1.29, 1.82) is 0 Å². The normalized spacial score (nSPS) is 10.7. The monoisotopic (exact) mass is 294 g/mol. The molecular formula is C13H15BrN2O. The third-order valence-electron chi connectivity index (χ3n) is 2.68. The molecule has 0 aliphatic carbocycles. The van der Waals surface area contributed by atoms with Gasteiger partial charge in [0.1, 0.15) is 0 Å². The van der Waals surface area contributed by atoms with E-state index in [9.17, 15) is 4.79 Å². The summed E-state index contributed by atoms with van der Waals surface area (Å²) in [5.41, 5.74) is 1.17. The molecule has 1 aromatic carbocycles. The Morgan fingerprint density at radius 2 is 1.88 bits per heavy atom. The van der Waals surface area contributed by atoms with Crippen molar-refractivity contribution < 1.29 is 0 Å². The molecule has 90 valence electrons. The zero-order chi connectivity index (χ0) is 12.3. The average Bonchev–Trinajstić information content (AvgIpc) is 2.65. The van der Waals surface area contributed by atoms with Crippen LogP contribution in [0, 0.1) is 0 Å². The highest BCUT2D eigenvalue weighted by molar-refractivity contribution is 9.10. The van der Waals surface area contributed by atoms with Crippen LogP contribution in [-0.4, -0.2) is 9.13 Å². The first-order chi connectivity index (χ1) is 8.22. The van der Waals surface area contributed by atoms with Crippen molar-refractivity contribution in [2.75, 3.05) is 0 Å². The van der Waals surface area contributed by atoms with E-state index < -0.39 is 0 Å². The molecule has 2 rings (SSSR count). The number of aromatic nitrogens is 2. The van der Waals surface area contributed by atoms with Crippen LogP contribution >= 0.6 is 15.9 Å². The van der Waals surface area contributed by atoms with Crippen LogP contribution in [-0.2, 0) is 13.1 Å². The van der Waals surface area contributed by atoms with E-state index >= 15 is 0 Å². The van der Waals surface area contributed by atoms with Crippen molar-refractivity contribution >= 4 is 15.9 Å². The van der Waals surface area contributed by atoms with E-state index in [4.69, 9.17) is 0 Å². The molecule has 0 aliphatic heterocycles. The largest absolute Gasteiger partial charge is 0.328 e. The van der Waals surface area contributed by atoms with Crippen LogP contribution in [0.3, 0.4) is 0 Å². The molecule has 0 saturated heterocycles. The Hall–Kier alpha value is -1.29. The van der Waals surface area contributed by atoms with Crippen molar-refractivity contribution in [3.8, 4) is 0 Å². The molecule has 1 heterocycles. The fourth-order valence-electron chi connectivity index (χ4n) is 1.80. The quantitative estimate of drug-likeness (QED) is 0.852. The summed E-state index contributed by atoms with van der Waals surface area (Å²) in [4.78, 5) is 12.0. The number of imidazole rings is 1. The topological polar surface area (TPSA) is 26.9 Å². The molecule has 0 saturated carbocycles. The Kier molecular flexibility index (Phi) is 3.84. The Bertz CT molecular complexity index is 557. The van der Waals surface area contributed by atoms with Crippen LogP contribution in [0.5, 0.6) is 0 Å². The zero-order valence-electron chi connectivity index (χ0n) is 9.77. The van der Waals surface area contributed by atoms with Gasteiger partial charge in [-0.05, 0) is 18.1 Å². The maximum atomic E-state index is 12.0. The van der Waals surface area contributed by atoms with Gasteiger partial charge in [0.2, 0.25) is 0 Å². The lowest BCUT2D eigenvalue weighted by molar-refractivity contribution is 0.623. The molecule has 0 aliphatic rings. The first-order valence-electron chi connectivity index (χ1n) is 5.71. The Balaban J connectivity index is 2.25. The number of rotatable bonds is 4. The van der Waals surface area contributed by atoms with E-state index in [2.05, 4.69) is 22.9 Å². The smallest absolute Gasteiger partial charge is 0.299 e.